The molecule has 3 N–H and O–H groups in total. The summed E-state index contributed by atoms with van der Waals surface area (Å²) in [7, 11) is 0. The van der Waals surface area contributed by atoms with Gasteiger partial charge in [-0.3, -0.25) is 9.59 Å². The maximum Gasteiger partial charge on any atom is 0.512 e. The number of ether oxygens (including phenoxy) is 1. The molecule has 0 saturated carbocycles. The van der Waals surface area contributed by atoms with Gasteiger partial charge in [-0.15, -0.1) is 11.3 Å². The Labute approximate surface area is 227 Å². The minimum atomic E-state index is -1.60. The largest absolute Gasteiger partial charge is 0.512 e. The van der Waals surface area contributed by atoms with E-state index in [-0.39, 0.29) is 24.1 Å². The third-order valence-corrected chi connectivity index (χ3v) is 6.97. The normalized spacial score (nSPS) is 10.7. The van der Waals surface area contributed by atoms with Crippen LogP contribution in [0.15, 0.2) is 36.4 Å². The Bertz CT molecular complexity index is 1050. The lowest BCUT2D eigenvalue weighted by atomic mass is 10.1. The predicted molar refractivity (Wildman–Crippen MR) is 145 cm³/mol. The van der Waals surface area contributed by atoms with E-state index in [1.165, 1.54) is 57.4 Å². The molecule has 2 amide bonds. The number of hydrogen-bond donors (Lipinski definition) is 3. The summed E-state index contributed by atoms with van der Waals surface area (Å²) in [6.07, 6.45) is 10.7. The van der Waals surface area contributed by atoms with Gasteiger partial charge in [-0.2, -0.15) is 0 Å². The Morgan fingerprint density at radius 2 is 1.53 bits per heavy atom. The summed E-state index contributed by atoms with van der Waals surface area (Å²) >= 11 is 1.00. The van der Waals surface area contributed by atoms with Crippen molar-refractivity contribution in [2.75, 3.05) is 6.54 Å². The summed E-state index contributed by atoms with van der Waals surface area (Å²) < 4.78 is 4.60. The number of rotatable bonds is 17. The number of carboxylic acid groups (broad SMARTS) is 2. The fourth-order valence-electron chi connectivity index (χ4n) is 4.05. The molecule has 208 valence electrons. The first kappa shape index (κ1) is 30.8. The highest BCUT2D eigenvalue weighted by molar-refractivity contribution is 7.13. The SMILES string of the molecule is CCCCCCCCCCCCNC(=O)c1cccc(CN(Cc2ccc(OC(=O)O)s2)C(=O)C(=O)O)c1. The van der Waals surface area contributed by atoms with Crippen molar-refractivity contribution >= 4 is 35.3 Å². The molecule has 2 aromatic rings. The number of nitrogens with one attached hydrogen (secondary N) is 1. The van der Waals surface area contributed by atoms with Crippen LogP contribution >= 0.6 is 11.3 Å². The molecule has 38 heavy (non-hydrogen) atoms. The molecule has 0 aliphatic heterocycles. The quantitative estimate of drug-likeness (QED) is 0.125. The lowest BCUT2D eigenvalue weighted by molar-refractivity contribution is -0.156. The summed E-state index contributed by atoms with van der Waals surface area (Å²) in [5.74, 6) is -2.92. The monoisotopic (exact) mass is 546 g/mol. The first-order valence-electron chi connectivity index (χ1n) is 13.2. The molecular formula is C28H38N2O7S. The van der Waals surface area contributed by atoms with E-state index in [9.17, 15) is 24.3 Å². The van der Waals surface area contributed by atoms with Crippen LogP contribution in [-0.4, -0.2) is 45.6 Å². The first-order valence-corrected chi connectivity index (χ1v) is 14.0. The molecule has 1 aromatic heterocycles. The highest BCUT2D eigenvalue weighted by Gasteiger charge is 2.23. The van der Waals surface area contributed by atoms with Crippen LogP contribution in [0.2, 0.25) is 0 Å². The average Bonchev–Trinajstić information content (AvgIpc) is 3.32. The van der Waals surface area contributed by atoms with Crippen molar-refractivity contribution in [1.29, 1.82) is 0 Å². The van der Waals surface area contributed by atoms with E-state index in [0.717, 1.165) is 29.1 Å². The molecule has 0 unspecified atom stereocenters. The van der Waals surface area contributed by atoms with Gasteiger partial charge in [-0.05, 0) is 36.2 Å². The van der Waals surface area contributed by atoms with Crippen molar-refractivity contribution in [1.82, 2.24) is 10.2 Å². The fourth-order valence-corrected chi connectivity index (χ4v) is 4.92. The lowest BCUT2D eigenvalue weighted by Crippen LogP contribution is -2.35. The Morgan fingerprint density at radius 1 is 0.868 bits per heavy atom. The third-order valence-electron chi connectivity index (χ3n) is 6.02. The van der Waals surface area contributed by atoms with E-state index in [0.29, 0.717) is 22.5 Å². The van der Waals surface area contributed by atoms with Crippen LogP contribution in [0.4, 0.5) is 4.79 Å². The van der Waals surface area contributed by atoms with Gasteiger partial charge in [0.05, 0.1) is 6.54 Å². The molecule has 1 heterocycles. The first-order chi connectivity index (χ1) is 18.3. The fraction of sp³-hybridized carbons (Fsp3) is 0.500. The molecule has 9 nitrogen and oxygen atoms in total. The summed E-state index contributed by atoms with van der Waals surface area (Å²) in [5, 5.41) is 21.0. The van der Waals surface area contributed by atoms with Gasteiger partial charge in [-0.1, -0.05) is 76.8 Å². The Kier molecular flexibility index (Phi) is 13.9. The summed E-state index contributed by atoms with van der Waals surface area (Å²) in [6, 6.07) is 9.74. The van der Waals surface area contributed by atoms with E-state index in [1.54, 1.807) is 30.3 Å². The van der Waals surface area contributed by atoms with Crippen molar-refractivity contribution in [3.05, 3.63) is 52.4 Å². The van der Waals surface area contributed by atoms with Gasteiger partial charge in [0.15, 0.2) is 5.06 Å². The van der Waals surface area contributed by atoms with Gasteiger partial charge in [0, 0.05) is 23.5 Å². The Morgan fingerprint density at radius 3 is 2.16 bits per heavy atom. The molecule has 0 atom stereocenters. The third kappa shape index (κ3) is 11.8. The Balaban J connectivity index is 1.83. The van der Waals surface area contributed by atoms with Crippen LogP contribution in [-0.2, 0) is 22.7 Å². The van der Waals surface area contributed by atoms with Gasteiger partial charge in [-0.25, -0.2) is 9.59 Å². The zero-order chi connectivity index (χ0) is 27.8. The van der Waals surface area contributed by atoms with Crippen LogP contribution in [0.1, 0.15) is 91.9 Å². The topological polar surface area (TPSA) is 133 Å². The summed E-state index contributed by atoms with van der Waals surface area (Å²) in [6.45, 7) is 2.73. The molecular weight excluding hydrogens is 508 g/mol. The van der Waals surface area contributed by atoms with Crippen LogP contribution < -0.4 is 10.1 Å². The van der Waals surface area contributed by atoms with Crippen LogP contribution in [0.5, 0.6) is 5.06 Å². The van der Waals surface area contributed by atoms with E-state index in [1.807, 2.05) is 0 Å². The molecule has 0 saturated heterocycles. The second-order valence-electron chi connectivity index (χ2n) is 9.19. The highest BCUT2D eigenvalue weighted by Crippen LogP contribution is 2.26. The Hall–Kier alpha value is -3.40. The number of carbonyl (C=O) groups is 4. The van der Waals surface area contributed by atoms with E-state index < -0.39 is 18.0 Å². The van der Waals surface area contributed by atoms with E-state index >= 15 is 0 Å². The standard InChI is InChI=1S/C28H38N2O7S/c1-2-3-4-5-6-7-8-9-10-11-17-29-25(31)22-14-12-13-21(18-22)19-30(26(32)27(33)34)20-23-15-16-24(38-23)37-28(35)36/h12-16,18H,2-11,17,19-20H2,1H3,(H,29,31)(H,33,34)(H,35,36). The molecule has 0 radical (unpaired) electrons. The lowest BCUT2D eigenvalue weighted by Gasteiger charge is -2.20. The number of carboxylic acids is 1. The smallest absolute Gasteiger partial charge is 0.474 e. The van der Waals surface area contributed by atoms with Crippen molar-refractivity contribution in [3.63, 3.8) is 0 Å². The molecule has 1 aromatic carbocycles. The van der Waals surface area contributed by atoms with Crippen LogP contribution in [0.3, 0.4) is 0 Å². The summed E-state index contributed by atoms with van der Waals surface area (Å²) in [4.78, 5) is 48.7. The predicted octanol–water partition coefficient (Wildman–Crippen LogP) is 6.07. The molecule has 0 bridgehead atoms. The molecule has 0 aliphatic carbocycles. The van der Waals surface area contributed by atoms with Crippen molar-refractivity contribution in [2.24, 2.45) is 0 Å². The zero-order valence-electron chi connectivity index (χ0n) is 21.9. The van der Waals surface area contributed by atoms with Gasteiger partial charge in [0.25, 0.3) is 5.91 Å². The van der Waals surface area contributed by atoms with Crippen molar-refractivity contribution in [2.45, 2.75) is 84.2 Å². The van der Waals surface area contributed by atoms with Crippen LogP contribution in [0.25, 0.3) is 0 Å². The highest BCUT2D eigenvalue weighted by atomic mass is 32.1. The number of aliphatic carboxylic acids is 1. The molecule has 10 heteroatoms. The molecule has 0 aliphatic rings. The van der Waals surface area contributed by atoms with Crippen LogP contribution in [0, 0.1) is 0 Å². The molecule has 2 rings (SSSR count). The maximum absolute atomic E-state index is 12.6. The van der Waals surface area contributed by atoms with Gasteiger partial charge < -0.3 is 25.2 Å². The average molecular weight is 547 g/mol. The molecule has 0 spiro atoms. The van der Waals surface area contributed by atoms with Gasteiger partial charge in [0.1, 0.15) is 0 Å². The van der Waals surface area contributed by atoms with Crippen molar-refractivity contribution in [3.8, 4) is 5.06 Å². The minimum absolute atomic E-state index is 0.0300. The number of thiophene rings is 1. The molecule has 0 fully saturated rings. The van der Waals surface area contributed by atoms with Crippen molar-refractivity contribution < 1.29 is 34.1 Å². The van der Waals surface area contributed by atoms with Gasteiger partial charge >= 0.3 is 18.0 Å². The van der Waals surface area contributed by atoms with E-state index in [2.05, 4.69) is 17.0 Å². The number of amides is 2. The number of benzene rings is 1. The van der Waals surface area contributed by atoms with E-state index in [4.69, 9.17) is 5.11 Å². The number of nitrogens with zero attached hydrogens (tertiary/aromatic N) is 1. The number of carbonyl (C=O) groups excluding carboxylic acids is 2. The second kappa shape index (κ2) is 17.2. The number of hydrogen-bond acceptors (Lipinski definition) is 6. The second-order valence-corrected chi connectivity index (χ2v) is 10.3. The zero-order valence-corrected chi connectivity index (χ0v) is 22.8. The summed E-state index contributed by atoms with van der Waals surface area (Å²) in [5.41, 5.74) is 1.04. The maximum atomic E-state index is 12.6. The minimum Gasteiger partial charge on any atom is -0.474 e. The van der Waals surface area contributed by atoms with Gasteiger partial charge in [0.2, 0.25) is 0 Å². The number of unbranched alkanes of at least 4 members (excludes halogenated alkanes) is 9.